The fourth-order valence-electron chi connectivity index (χ4n) is 13.9. The van der Waals surface area contributed by atoms with Gasteiger partial charge in [-0.25, -0.2) is 57.4 Å². The molecule has 16 heterocycles. The topological polar surface area (TPSA) is 488 Å². The third-order valence-electron chi connectivity index (χ3n) is 21.4. The number of hydrogen-bond acceptors (Lipinski definition) is 35. The van der Waals surface area contributed by atoms with Crippen molar-refractivity contribution in [2.24, 2.45) is 28.2 Å². The van der Waals surface area contributed by atoms with Crippen molar-refractivity contribution >= 4 is 128 Å². The van der Waals surface area contributed by atoms with Crippen molar-refractivity contribution in [1.82, 2.24) is 120 Å². The SMILES string of the molecule is C[C@@H](OC(=O)Cc1c(-c2ccc(C(=O)Cc3cc(Cl)nc(Cl)c3)cn2)nnn1C)c1cc(F)cnc1Cl.C[C@@H](OC(=O)Cc1c(-c2ccc(C(=O)Cc3ccnc(C#N)c3)cn2)nnn1C)c1cc(F)cnc1Cl.C[C@@H](OC(=O)Cc1c(-c2ccc(C(=O)Cc3nc(C(F)(F)F)co3)cn2)nnn1C)c1cc(F)cnc1Cl.C[C@@H](OC(=O)Cc1c(-c2ccc(C(=O)Cc3ncc(C(F)(F)F)s3)cn2)nnn1C)c1cc(F)cnc1Cl. The normalized spacial score (nSPS) is 12.0. The highest BCUT2D eigenvalue weighted by atomic mass is 35.5. The molecule has 0 bridgehead atoms. The maximum Gasteiger partial charge on any atom is 0.436 e. The van der Waals surface area contributed by atoms with Crippen LogP contribution in [0.2, 0.25) is 30.9 Å². The van der Waals surface area contributed by atoms with Gasteiger partial charge in [0.1, 0.15) is 129 Å². The Balaban J connectivity index is 0.000000167. The van der Waals surface area contributed by atoms with Gasteiger partial charge in [-0.2, -0.15) is 31.6 Å². The average molecular weight is 2210 g/mol. The molecule has 772 valence electrons. The molecule has 4 atom stereocenters. The van der Waals surface area contributed by atoms with Crippen LogP contribution in [-0.4, -0.2) is 167 Å². The zero-order chi connectivity index (χ0) is 108. The Kier molecular flexibility index (Phi) is 36.5. The predicted octanol–water partition coefficient (Wildman–Crippen LogP) is 17.8. The number of halogens is 16. The van der Waals surface area contributed by atoms with Crippen LogP contribution in [0.1, 0.15) is 177 Å². The summed E-state index contributed by atoms with van der Waals surface area (Å²) in [4.78, 5) is 147. The summed E-state index contributed by atoms with van der Waals surface area (Å²) in [7, 11) is 6.37. The van der Waals surface area contributed by atoms with Gasteiger partial charge in [-0.3, -0.25) is 77.0 Å². The molecule has 16 aromatic heterocycles. The van der Waals surface area contributed by atoms with Gasteiger partial charge < -0.3 is 23.4 Å². The van der Waals surface area contributed by atoms with E-state index in [0.29, 0.717) is 97.3 Å². The molecule has 0 aromatic carbocycles. The van der Waals surface area contributed by atoms with Crippen molar-refractivity contribution in [3.8, 4) is 51.6 Å². The number of thiazole rings is 1. The summed E-state index contributed by atoms with van der Waals surface area (Å²) in [5.41, 5.74) is 6.38. The van der Waals surface area contributed by atoms with E-state index in [4.69, 9.17) is 98.2 Å². The second-order valence-electron chi connectivity index (χ2n) is 32.1. The van der Waals surface area contributed by atoms with E-state index < -0.39 is 112 Å². The van der Waals surface area contributed by atoms with Gasteiger partial charge in [0.15, 0.2) is 28.8 Å². The first-order valence-corrected chi connectivity index (χ1v) is 46.5. The molecule has 0 amide bonds. The third-order valence-corrected chi connectivity index (χ3v) is 24.1. The van der Waals surface area contributed by atoms with Gasteiger partial charge in [0, 0.05) is 117 Å². The lowest BCUT2D eigenvalue weighted by Gasteiger charge is -2.15. The first-order valence-electron chi connectivity index (χ1n) is 43.4. The molecule has 0 unspecified atom stereocenters. The van der Waals surface area contributed by atoms with Crippen LogP contribution < -0.4 is 0 Å². The summed E-state index contributed by atoms with van der Waals surface area (Å²) in [5, 5.41) is 41.5. The molecule has 0 saturated carbocycles. The minimum absolute atomic E-state index is 0.00273. The van der Waals surface area contributed by atoms with Crippen LogP contribution in [0.15, 0.2) is 170 Å². The van der Waals surface area contributed by atoms with E-state index in [1.165, 1.54) is 87.8 Å². The van der Waals surface area contributed by atoms with Gasteiger partial charge in [0.05, 0.1) is 115 Å². The number of ketones is 4. The van der Waals surface area contributed by atoms with E-state index >= 15 is 0 Å². The highest BCUT2D eigenvalue weighted by Gasteiger charge is 2.37. The minimum Gasteiger partial charge on any atom is -0.457 e. The molecule has 150 heavy (non-hydrogen) atoms. The monoisotopic (exact) mass is 2200 g/mol. The van der Waals surface area contributed by atoms with Gasteiger partial charge in [0.2, 0.25) is 5.89 Å². The number of Topliss-reactive ketones (excluding diaryl/α,β-unsaturated/α-hetero) is 4. The number of esters is 4. The van der Waals surface area contributed by atoms with Crippen molar-refractivity contribution in [3.05, 3.63) is 325 Å². The van der Waals surface area contributed by atoms with E-state index in [0.717, 1.165) is 49.1 Å². The molecule has 55 heteroatoms. The van der Waals surface area contributed by atoms with E-state index in [1.54, 1.807) is 90.6 Å². The second-order valence-corrected chi connectivity index (χ2v) is 35.4. The third kappa shape index (κ3) is 29.3. The Hall–Kier alpha value is -16.0. The molecule has 0 N–H and O–H groups in total. The maximum absolute atomic E-state index is 13.5. The Morgan fingerprint density at radius 1 is 0.380 bits per heavy atom. The summed E-state index contributed by atoms with van der Waals surface area (Å²) in [5.74, 6) is -6.82. The number of oxazole rings is 1. The van der Waals surface area contributed by atoms with Crippen LogP contribution in [0, 0.1) is 34.6 Å². The molecule has 16 rings (SSSR count). The molecular weight excluding hydrogens is 2130 g/mol. The summed E-state index contributed by atoms with van der Waals surface area (Å²) < 4.78 is 162. The Morgan fingerprint density at radius 2 is 0.700 bits per heavy atom. The molecule has 0 saturated heterocycles. The Morgan fingerprint density at radius 3 is 0.993 bits per heavy atom. The molecule has 0 aliphatic rings. The lowest BCUT2D eigenvalue weighted by molar-refractivity contribution is -0.148. The number of carbonyl (C=O) groups excluding carboxylic acids is 8. The van der Waals surface area contributed by atoms with Crippen LogP contribution in [-0.2, 0) is 130 Å². The molecule has 16 aromatic rings. The standard InChI is InChI=1S/C25H19ClFN7O3.C24H18Cl3FN6O3.C23H17ClF4N6O4.C23H17ClF4N6O3S/c1-14(19-9-17(27)13-31-25(19)26)37-23(36)10-21-24(32-33-34(21)2)20-4-3-16(12-30-20)22(35)8-15-5-6-29-18(7-15)11-28;1-12(16-8-15(28)11-30-24(16)27)37-22(36)9-18-23(32-33-34(18)2)17-4-3-14(10-29-17)19(35)5-13-6-20(25)31-21(26)7-13;1-11(14-5-13(25)9-30-22(14)24)38-20(36)6-16-21(32-33-34(16)2)15-4-3-12(8-29-15)17(35)7-19-31-18(10-37-19)23(26,27)28;1-11(14-5-13(25)9-31-22(14)24)37-20(36)6-16-21(32-33-34(16)2)15-4-3-12(8-29-15)17(35)7-19-30-10-18(38-19)23(26,27)28/h3-7,9,12-14H,8,10H2,1-2H3;3-4,6-8,10-12H,5,9H2,1-2H3;2*3-5,8-11H,6-7H2,1-2H3/t14-;12-;2*11-/m1111/s1. The highest BCUT2D eigenvalue weighted by molar-refractivity contribution is 7.11. The van der Waals surface area contributed by atoms with Crippen molar-refractivity contribution in [2.45, 2.75) is 116 Å². The number of rotatable bonds is 32. The van der Waals surface area contributed by atoms with Crippen LogP contribution in [0.5, 0.6) is 0 Å². The number of ether oxygens (including phenoxy) is 4. The second kappa shape index (κ2) is 49.2. The lowest BCUT2D eigenvalue weighted by atomic mass is 10.0. The molecule has 0 fully saturated rings. The van der Waals surface area contributed by atoms with E-state index in [9.17, 15) is 82.3 Å². The first kappa shape index (κ1) is 111. The summed E-state index contributed by atoms with van der Waals surface area (Å²) >= 11 is 36.2. The minimum atomic E-state index is -4.68. The molecule has 0 spiro atoms. The number of nitrogens with zero attached hydrogens (tertiary/aromatic N) is 25. The van der Waals surface area contributed by atoms with Crippen molar-refractivity contribution in [2.75, 3.05) is 0 Å². The van der Waals surface area contributed by atoms with Crippen molar-refractivity contribution in [1.29, 1.82) is 5.26 Å². The van der Waals surface area contributed by atoms with Gasteiger partial charge >= 0.3 is 36.2 Å². The van der Waals surface area contributed by atoms with Crippen molar-refractivity contribution in [3.63, 3.8) is 0 Å². The Bertz CT molecular complexity index is 7530. The molecule has 0 radical (unpaired) electrons. The average Bonchev–Trinajstić information content (AvgIpc) is 1.67. The smallest absolute Gasteiger partial charge is 0.436 e. The molecular formula is C95H71Cl6F10N25O13S. The number of nitriles is 1. The van der Waals surface area contributed by atoms with Gasteiger partial charge in [-0.1, -0.05) is 90.5 Å². The zero-order valence-corrected chi connectivity index (χ0v) is 83.9. The molecule has 0 aliphatic heterocycles. The zero-order valence-electron chi connectivity index (χ0n) is 78.5. The summed E-state index contributed by atoms with van der Waals surface area (Å²) in [6.45, 7) is 6.17. The first-order chi connectivity index (χ1) is 71.2. The van der Waals surface area contributed by atoms with Gasteiger partial charge in [-0.05, 0) is 136 Å². The van der Waals surface area contributed by atoms with Gasteiger partial charge in [-0.15, -0.1) is 31.7 Å². The van der Waals surface area contributed by atoms with E-state index in [1.807, 2.05) is 6.07 Å². The lowest BCUT2D eigenvalue weighted by Crippen LogP contribution is -2.15. The summed E-state index contributed by atoms with van der Waals surface area (Å²) in [6, 6.07) is 25.1. The van der Waals surface area contributed by atoms with Crippen LogP contribution in [0.25, 0.3) is 45.6 Å². The van der Waals surface area contributed by atoms with Crippen LogP contribution >= 0.6 is 80.9 Å². The van der Waals surface area contributed by atoms with Crippen LogP contribution in [0.3, 0.4) is 0 Å². The number of pyridine rings is 10. The number of hydrogen-bond donors (Lipinski definition) is 0. The Labute approximate surface area is 873 Å². The molecule has 38 nitrogen and oxygen atoms in total. The number of alkyl halides is 6. The van der Waals surface area contributed by atoms with E-state index in [2.05, 4.69) is 101 Å². The summed E-state index contributed by atoms with van der Waals surface area (Å²) in [6.07, 6.45) is -2.43. The fraction of sp³-hybridized carbons (Fsp3) is 0.232. The predicted molar refractivity (Wildman–Crippen MR) is 511 cm³/mol. The highest BCUT2D eigenvalue weighted by Crippen LogP contribution is 2.37. The van der Waals surface area contributed by atoms with Gasteiger partial charge in [0.25, 0.3) is 0 Å². The van der Waals surface area contributed by atoms with Crippen molar-refractivity contribution < 1.29 is 106 Å². The van der Waals surface area contributed by atoms with E-state index in [-0.39, 0.29) is 154 Å². The number of aromatic nitrogens is 24. The number of carbonyl (C=O) groups is 8. The maximum atomic E-state index is 13.5. The fourth-order valence-corrected chi connectivity index (χ4v) is 16.2. The molecule has 0 aliphatic carbocycles. The largest absolute Gasteiger partial charge is 0.457 e. The van der Waals surface area contributed by atoms with Crippen LogP contribution in [0.4, 0.5) is 43.9 Å². The number of aryl methyl sites for hydroxylation is 4. The quantitative estimate of drug-likeness (QED) is 0.0124.